The zero-order valence-electron chi connectivity index (χ0n) is 14.7. The van der Waals surface area contributed by atoms with Gasteiger partial charge in [0.25, 0.3) is 5.91 Å². The lowest BCUT2D eigenvalue weighted by Crippen LogP contribution is -2.20. The van der Waals surface area contributed by atoms with Crippen LogP contribution in [0.5, 0.6) is 0 Å². The Labute approximate surface area is 152 Å². The van der Waals surface area contributed by atoms with Crippen LogP contribution in [-0.2, 0) is 9.59 Å². The van der Waals surface area contributed by atoms with Gasteiger partial charge in [-0.2, -0.15) is 0 Å². The lowest BCUT2D eigenvalue weighted by molar-refractivity contribution is -0.119. The molecule has 0 bridgehead atoms. The molecule has 26 heavy (non-hydrogen) atoms. The summed E-state index contributed by atoms with van der Waals surface area (Å²) in [7, 11) is 0. The summed E-state index contributed by atoms with van der Waals surface area (Å²) in [5.74, 6) is -0.185. The maximum absolute atomic E-state index is 11.9. The number of rotatable bonds is 9. The van der Waals surface area contributed by atoms with E-state index in [1.807, 2.05) is 0 Å². The summed E-state index contributed by atoms with van der Waals surface area (Å²) in [4.78, 5) is 34.5. The fourth-order valence-corrected chi connectivity index (χ4v) is 2.31. The molecule has 2 rings (SSSR count). The van der Waals surface area contributed by atoms with Gasteiger partial charge in [-0.3, -0.25) is 14.4 Å². The topological polar surface area (TPSA) is 100 Å². The van der Waals surface area contributed by atoms with Gasteiger partial charge in [0.1, 0.15) is 0 Å². The Hall–Kier alpha value is -3.09. The van der Waals surface area contributed by atoms with E-state index in [9.17, 15) is 14.4 Å². The third-order valence-corrected chi connectivity index (χ3v) is 3.63. The molecule has 3 amide bonds. The van der Waals surface area contributed by atoms with E-state index in [1.165, 1.54) is 13.2 Å². The molecule has 3 N–H and O–H groups in total. The second-order valence-corrected chi connectivity index (χ2v) is 5.85. The number of hydrogen-bond acceptors (Lipinski definition) is 4. The first-order valence-corrected chi connectivity index (χ1v) is 8.54. The van der Waals surface area contributed by atoms with Gasteiger partial charge in [-0.15, -0.1) is 0 Å². The van der Waals surface area contributed by atoms with Crippen LogP contribution in [0.2, 0.25) is 0 Å². The molecule has 0 aliphatic rings. The molecule has 0 spiro atoms. The van der Waals surface area contributed by atoms with E-state index in [0.29, 0.717) is 24.3 Å². The van der Waals surface area contributed by atoms with Crippen LogP contribution in [-0.4, -0.2) is 24.3 Å². The number of benzene rings is 1. The number of hydrogen-bond donors (Lipinski definition) is 3. The van der Waals surface area contributed by atoms with Crippen molar-refractivity contribution in [2.24, 2.45) is 0 Å². The van der Waals surface area contributed by atoms with Gasteiger partial charge in [0.15, 0.2) is 5.76 Å². The number of anilines is 2. The summed E-state index contributed by atoms with van der Waals surface area (Å²) in [5, 5.41) is 8.26. The zero-order chi connectivity index (χ0) is 18.8. The van der Waals surface area contributed by atoms with Gasteiger partial charge in [-0.05, 0) is 49.2 Å². The molecular formula is C19H23N3O4. The maximum atomic E-state index is 11.9. The monoisotopic (exact) mass is 357 g/mol. The highest BCUT2D eigenvalue weighted by molar-refractivity contribution is 6.02. The molecule has 0 saturated heterocycles. The van der Waals surface area contributed by atoms with Gasteiger partial charge >= 0.3 is 0 Å². The highest BCUT2D eigenvalue weighted by atomic mass is 16.3. The fraction of sp³-hybridized carbons (Fsp3) is 0.316. The average Bonchev–Trinajstić information content (AvgIpc) is 3.14. The molecule has 138 valence electrons. The van der Waals surface area contributed by atoms with E-state index in [1.54, 1.807) is 36.4 Å². The molecule has 2 aromatic rings. The molecule has 0 aliphatic carbocycles. The Kier molecular flexibility index (Phi) is 7.42. The number of unbranched alkanes of at least 4 members (excludes halogenated alkanes) is 2. The average molecular weight is 357 g/mol. The minimum absolute atomic E-state index is 0.0356. The summed E-state index contributed by atoms with van der Waals surface area (Å²) in [6.45, 7) is 2.13. The highest BCUT2D eigenvalue weighted by Gasteiger charge is 2.08. The van der Waals surface area contributed by atoms with Crippen LogP contribution in [0.4, 0.5) is 11.4 Å². The van der Waals surface area contributed by atoms with E-state index in [-0.39, 0.29) is 23.5 Å². The zero-order valence-corrected chi connectivity index (χ0v) is 14.7. The van der Waals surface area contributed by atoms with Gasteiger partial charge in [0.05, 0.1) is 6.26 Å². The highest BCUT2D eigenvalue weighted by Crippen LogP contribution is 2.15. The first kappa shape index (κ1) is 19.2. The summed E-state index contributed by atoms with van der Waals surface area (Å²) in [6.07, 6.45) is 4.37. The molecule has 0 unspecified atom stereocenters. The van der Waals surface area contributed by atoms with Gasteiger partial charge in [-0.25, -0.2) is 0 Å². The van der Waals surface area contributed by atoms with Crippen molar-refractivity contribution in [1.29, 1.82) is 0 Å². The van der Waals surface area contributed by atoms with E-state index in [2.05, 4.69) is 16.0 Å². The Morgan fingerprint density at radius 3 is 2.23 bits per heavy atom. The smallest absolute Gasteiger partial charge is 0.291 e. The number of carbonyl (C=O) groups is 3. The predicted octanol–water partition coefficient (Wildman–Crippen LogP) is 3.17. The van der Waals surface area contributed by atoms with Crippen LogP contribution >= 0.6 is 0 Å². The third kappa shape index (κ3) is 6.80. The van der Waals surface area contributed by atoms with Crippen LogP contribution in [0.25, 0.3) is 0 Å². The minimum Gasteiger partial charge on any atom is -0.459 e. The lowest BCUT2D eigenvalue weighted by atomic mass is 10.2. The van der Waals surface area contributed by atoms with Crippen molar-refractivity contribution >= 4 is 29.1 Å². The van der Waals surface area contributed by atoms with Crippen molar-refractivity contribution in [3.05, 3.63) is 48.4 Å². The second kappa shape index (κ2) is 10.0. The summed E-state index contributed by atoms with van der Waals surface area (Å²) in [6, 6.07) is 10.1. The standard InChI is InChI=1S/C19H23N3O4/c1-14(23)20-12-4-2-3-7-18(24)21-15-8-10-16(11-9-15)22-19(25)17-6-5-13-26-17/h5-6,8-11,13H,2-4,7,12H2,1H3,(H,20,23)(H,21,24)(H,22,25). The number of carbonyl (C=O) groups excluding carboxylic acids is 3. The molecule has 0 saturated carbocycles. The summed E-state index contributed by atoms with van der Waals surface area (Å²) < 4.78 is 5.03. The predicted molar refractivity (Wildman–Crippen MR) is 98.9 cm³/mol. The van der Waals surface area contributed by atoms with Crippen molar-refractivity contribution in [3.8, 4) is 0 Å². The van der Waals surface area contributed by atoms with Crippen LogP contribution in [0.1, 0.15) is 43.2 Å². The SMILES string of the molecule is CC(=O)NCCCCCC(=O)Nc1ccc(NC(=O)c2ccco2)cc1. The minimum atomic E-state index is -0.328. The first-order valence-electron chi connectivity index (χ1n) is 8.54. The van der Waals surface area contributed by atoms with Crippen molar-refractivity contribution in [1.82, 2.24) is 5.32 Å². The second-order valence-electron chi connectivity index (χ2n) is 5.85. The Morgan fingerprint density at radius 1 is 0.923 bits per heavy atom. The summed E-state index contributed by atoms with van der Waals surface area (Å²) in [5.41, 5.74) is 1.28. The van der Waals surface area contributed by atoms with E-state index >= 15 is 0 Å². The van der Waals surface area contributed by atoms with Gasteiger partial charge in [0, 0.05) is 31.3 Å². The number of nitrogens with one attached hydrogen (secondary N) is 3. The molecule has 7 heteroatoms. The largest absolute Gasteiger partial charge is 0.459 e. The fourth-order valence-electron chi connectivity index (χ4n) is 2.31. The maximum Gasteiger partial charge on any atom is 0.291 e. The van der Waals surface area contributed by atoms with Gasteiger partial charge in [0.2, 0.25) is 11.8 Å². The van der Waals surface area contributed by atoms with Gasteiger partial charge < -0.3 is 20.4 Å². The third-order valence-electron chi connectivity index (χ3n) is 3.63. The van der Waals surface area contributed by atoms with E-state index in [4.69, 9.17) is 4.42 Å². The lowest BCUT2D eigenvalue weighted by Gasteiger charge is -2.07. The molecule has 1 aromatic carbocycles. The molecule has 0 aliphatic heterocycles. The number of furan rings is 1. The normalized spacial score (nSPS) is 10.2. The molecule has 1 aromatic heterocycles. The van der Waals surface area contributed by atoms with Crippen LogP contribution in [0.15, 0.2) is 47.1 Å². The van der Waals surface area contributed by atoms with Crippen LogP contribution in [0.3, 0.4) is 0 Å². The molecule has 0 fully saturated rings. The van der Waals surface area contributed by atoms with Crippen LogP contribution < -0.4 is 16.0 Å². The van der Waals surface area contributed by atoms with Crippen LogP contribution in [0, 0.1) is 0 Å². The molecule has 0 radical (unpaired) electrons. The van der Waals surface area contributed by atoms with Crippen molar-refractivity contribution in [2.45, 2.75) is 32.6 Å². The van der Waals surface area contributed by atoms with Gasteiger partial charge in [-0.1, -0.05) is 6.42 Å². The number of amides is 3. The van der Waals surface area contributed by atoms with Crippen molar-refractivity contribution in [3.63, 3.8) is 0 Å². The molecular weight excluding hydrogens is 334 g/mol. The van der Waals surface area contributed by atoms with E-state index in [0.717, 1.165) is 19.3 Å². The van der Waals surface area contributed by atoms with Crippen molar-refractivity contribution < 1.29 is 18.8 Å². The summed E-state index contributed by atoms with van der Waals surface area (Å²) >= 11 is 0. The van der Waals surface area contributed by atoms with Crippen molar-refractivity contribution in [2.75, 3.05) is 17.2 Å². The van der Waals surface area contributed by atoms with E-state index < -0.39 is 0 Å². The molecule has 0 atom stereocenters. The first-order chi connectivity index (χ1) is 12.5. The Morgan fingerprint density at radius 2 is 1.62 bits per heavy atom. The Bertz CT molecular complexity index is 724. The quantitative estimate of drug-likeness (QED) is 0.600. The molecule has 7 nitrogen and oxygen atoms in total. The molecule has 1 heterocycles. The Balaban J connectivity index is 1.68.